The van der Waals surface area contributed by atoms with Crippen molar-refractivity contribution in [2.24, 2.45) is 0 Å². The number of piperazine rings is 1. The van der Waals surface area contributed by atoms with Crippen LogP contribution in [0.25, 0.3) is 0 Å². The Bertz CT molecular complexity index is 1130. The molecule has 178 valence electrons. The number of para-hydroxylation sites is 1. The quantitative estimate of drug-likeness (QED) is 0.445. The molecule has 1 amide bonds. The van der Waals surface area contributed by atoms with E-state index in [1.807, 2.05) is 24.3 Å². The number of halogens is 1. The van der Waals surface area contributed by atoms with E-state index in [2.05, 4.69) is 56.4 Å². The van der Waals surface area contributed by atoms with E-state index >= 15 is 0 Å². The van der Waals surface area contributed by atoms with Crippen molar-refractivity contribution in [3.05, 3.63) is 76.1 Å². The van der Waals surface area contributed by atoms with Crippen LogP contribution in [-0.4, -0.2) is 56.6 Å². The lowest BCUT2D eigenvalue weighted by molar-refractivity contribution is 0.0955. The largest absolute Gasteiger partial charge is 0.369 e. The number of amides is 1. The zero-order valence-corrected chi connectivity index (χ0v) is 21.0. The summed E-state index contributed by atoms with van der Waals surface area (Å²) in [5.74, 6) is 0.0346. The van der Waals surface area contributed by atoms with Gasteiger partial charge in [-0.1, -0.05) is 35.9 Å². The molecular weight excluding hydrogens is 464 g/mol. The van der Waals surface area contributed by atoms with Crippen LogP contribution in [0, 0.1) is 0 Å². The number of thiophene rings is 1. The first-order chi connectivity index (χ1) is 16.7. The maximum Gasteiger partial charge on any atom is 0.261 e. The maximum absolute atomic E-state index is 12.7. The fourth-order valence-electron chi connectivity index (χ4n) is 4.85. The first-order valence-electron chi connectivity index (χ1n) is 12.1. The number of carbonyl (C=O) groups is 1. The van der Waals surface area contributed by atoms with Crippen molar-refractivity contribution in [1.82, 2.24) is 10.2 Å². The first-order valence-corrected chi connectivity index (χ1v) is 13.3. The Morgan fingerprint density at radius 3 is 2.68 bits per heavy atom. The minimum absolute atomic E-state index is 0.0346. The van der Waals surface area contributed by atoms with Crippen LogP contribution in [0.4, 0.5) is 16.4 Å². The number of anilines is 3. The molecule has 1 fully saturated rings. The molecule has 0 aliphatic carbocycles. The molecule has 0 atom stereocenters. The third-order valence-corrected chi connectivity index (χ3v) is 8.02. The van der Waals surface area contributed by atoms with Crippen molar-refractivity contribution in [1.29, 1.82) is 0 Å². The number of nitrogens with zero attached hydrogens (tertiary/aromatic N) is 3. The molecule has 0 radical (unpaired) electrons. The van der Waals surface area contributed by atoms with Crippen LogP contribution in [0.3, 0.4) is 0 Å². The number of hydrogen-bond donors (Lipinski definition) is 1. The molecule has 2 aromatic carbocycles. The molecule has 3 heterocycles. The van der Waals surface area contributed by atoms with Gasteiger partial charge in [-0.3, -0.25) is 9.69 Å². The van der Waals surface area contributed by atoms with Crippen molar-refractivity contribution < 1.29 is 4.79 Å². The van der Waals surface area contributed by atoms with E-state index in [4.69, 9.17) is 11.6 Å². The van der Waals surface area contributed by atoms with Gasteiger partial charge < -0.3 is 15.1 Å². The van der Waals surface area contributed by atoms with E-state index in [1.54, 1.807) is 11.3 Å². The zero-order valence-electron chi connectivity index (χ0n) is 19.4. The lowest BCUT2D eigenvalue weighted by Crippen LogP contribution is -2.47. The van der Waals surface area contributed by atoms with E-state index in [1.165, 1.54) is 16.9 Å². The second kappa shape index (κ2) is 10.8. The van der Waals surface area contributed by atoms with Crippen LogP contribution in [0.15, 0.2) is 60.7 Å². The average molecular weight is 495 g/mol. The van der Waals surface area contributed by atoms with Crippen LogP contribution < -0.4 is 15.1 Å². The average Bonchev–Trinajstić information content (AvgIpc) is 3.37. The minimum atomic E-state index is 0.0346. The highest BCUT2D eigenvalue weighted by molar-refractivity contribution is 7.18. The zero-order chi connectivity index (χ0) is 23.3. The molecule has 0 saturated carbocycles. The predicted molar refractivity (Wildman–Crippen MR) is 143 cm³/mol. The van der Waals surface area contributed by atoms with Gasteiger partial charge in [0, 0.05) is 55.7 Å². The summed E-state index contributed by atoms with van der Waals surface area (Å²) in [6.45, 7) is 6.78. The maximum atomic E-state index is 12.7. The van der Waals surface area contributed by atoms with Gasteiger partial charge in [0.15, 0.2) is 0 Å². The molecule has 2 aliphatic heterocycles. The highest BCUT2D eigenvalue weighted by atomic mass is 35.5. The van der Waals surface area contributed by atoms with Gasteiger partial charge in [-0.15, -0.1) is 11.3 Å². The summed E-state index contributed by atoms with van der Waals surface area (Å²) in [4.78, 5) is 20.7. The van der Waals surface area contributed by atoms with E-state index in [0.717, 1.165) is 73.4 Å². The van der Waals surface area contributed by atoms with Gasteiger partial charge in [0.05, 0.1) is 9.88 Å². The first kappa shape index (κ1) is 23.2. The molecule has 5 rings (SSSR count). The number of hydrogen-bond acceptors (Lipinski definition) is 5. The number of carbonyl (C=O) groups excluding carboxylic acids is 1. The van der Waals surface area contributed by atoms with Gasteiger partial charge in [-0.25, -0.2) is 0 Å². The Labute approximate surface area is 210 Å². The number of rotatable bonds is 7. The van der Waals surface area contributed by atoms with Crippen LogP contribution in [-0.2, 0) is 6.42 Å². The monoisotopic (exact) mass is 494 g/mol. The summed E-state index contributed by atoms with van der Waals surface area (Å²) >= 11 is 7.72. The molecule has 34 heavy (non-hydrogen) atoms. The molecule has 1 aromatic heterocycles. The van der Waals surface area contributed by atoms with Crippen molar-refractivity contribution in [2.75, 3.05) is 55.6 Å². The molecular formula is C27H31ClN4OS. The van der Waals surface area contributed by atoms with Gasteiger partial charge in [0.2, 0.25) is 0 Å². The van der Waals surface area contributed by atoms with Crippen LogP contribution in [0.1, 0.15) is 28.1 Å². The molecule has 5 nitrogen and oxygen atoms in total. The van der Waals surface area contributed by atoms with Gasteiger partial charge in [0.25, 0.3) is 5.91 Å². The standard InChI is InChI=1S/C27H31ClN4OS/c28-22-8-3-9-23(20-22)31-18-16-30(17-19-31)14-5-13-29-27(33)25-11-12-26(34-25)32-15-4-7-21-6-1-2-10-24(21)32/h1-3,6,8-12,20H,4-5,7,13-19H2,(H,29,33). The molecule has 0 unspecified atom stereocenters. The molecule has 0 spiro atoms. The fourth-order valence-corrected chi connectivity index (χ4v) is 6.00. The number of fused-ring (bicyclic) bond motifs is 1. The molecule has 1 saturated heterocycles. The van der Waals surface area contributed by atoms with E-state index in [0.29, 0.717) is 6.54 Å². The smallest absolute Gasteiger partial charge is 0.261 e. The van der Waals surface area contributed by atoms with Gasteiger partial charge in [-0.2, -0.15) is 0 Å². The summed E-state index contributed by atoms with van der Waals surface area (Å²) in [6, 6.07) is 20.7. The van der Waals surface area contributed by atoms with Gasteiger partial charge in [-0.05, 0) is 67.8 Å². The summed E-state index contributed by atoms with van der Waals surface area (Å²) in [5, 5.41) is 5.05. The molecule has 2 aliphatic rings. The van der Waals surface area contributed by atoms with Crippen LogP contribution >= 0.6 is 22.9 Å². The van der Waals surface area contributed by atoms with E-state index in [9.17, 15) is 4.79 Å². The van der Waals surface area contributed by atoms with Crippen molar-refractivity contribution in [3.8, 4) is 0 Å². The van der Waals surface area contributed by atoms with Gasteiger partial charge in [0.1, 0.15) is 0 Å². The van der Waals surface area contributed by atoms with Crippen LogP contribution in [0.2, 0.25) is 5.02 Å². The van der Waals surface area contributed by atoms with Gasteiger partial charge >= 0.3 is 0 Å². The molecule has 1 N–H and O–H groups in total. The molecule has 3 aromatic rings. The van der Waals surface area contributed by atoms with E-state index < -0.39 is 0 Å². The fraction of sp³-hybridized carbons (Fsp3) is 0.370. The Morgan fingerprint density at radius 1 is 0.971 bits per heavy atom. The number of nitrogens with one attached hydrogen (secondary N) is 1. The predicted octanol–water partition coefficient (Wildman–Crippen LogP) is 5.43. The highest BCUT2D eigenvalue weighted by Crippen LogP contribution is 2.37. The third-order valence-electron chi connectivity index (χ3n) is 6.67. The minimum Gasteiger partial charge on any atom is -0.369 e. The van der Waals surface area contributed by atoms with Crippen LogP contribution in [0.5, 0.6) is 0 Å². The Kier molecular flexibility index (Phi) is 7.38. The highest BCUT2D eigenvalue weighted by Gasteiger charge is 2.21. The second-order valence-electron chi connectivity index (χ2n) is 8.94. The molecule has 7 heteroatoms. The lowest BCUT2D eigenvalue weighted by atomic mass is 10.0. The lowest BCUT2D eigenvalue weighted by Gasteiger charge is -2.36. The SMILES string of the molecule is O=C(NCCCN1CCN(c2cccc(Cl)c2)CC1)c1ccc(N2CCCc3ccccc32)s1. The third kappa shape index (κ3) is 5.40. The molecule has 0 bridgehead atoms. The Morgan fingerprint density at radius 2 is 1.82 bits per heavy atom. The normalized spacial score (nSPS) is 16.4. The summed E-state index contributed by atoms with van der Waals surface area (Å²) in [5.41, 5.74) is 3.86. The van der Waals surface area contributed by atoms with E-state index in [-0.39, 0.29) is 5.91 Å². The summed E-state index contributed by atoms with van der Waals surface area (Å²) < 4.78 is 0. The van der Waals surface area contributed by atoms with Crippen molar-refractivity contribution in [2.45, 2.75) is 19.3 Å². The Balaban J connectivity index is 1.06. The topological polar surface area (TPSA) is 38.8 Å². The van der Waals surface area contributed by atoms with Crippen molar-refractivity contribution >= 4 is 45.2 Å². The summed E-state index contributed by atoms with van der Waals surface area (Å²) in [7, 11) is 0. The number of benzene rings is 2. The van der Waals surface area contributed by atoms with Crippen molar-refractivity contribution in [3.63, 3.8) is 0 Å². The Hall–Kier alpha value is -2.54. The second-order valence-corrected chi connectivity index (χ2v) is 10.4. The summed E-state index contributed by atoms with van der Waals surface area (Å²) in [6.07, 6.45) is 3.23. The number of aryl methyl sites for hydroxylation is 1.